The van der Waals surface area contributed by atoms with Gasteiger partial charge in [-0.15, -0.1) is 0 Å². The van der Waals surface area contributed by atoms with Crippen LogP contribution in [0, 0.1) is 5.82 Å². The van der Waals surface area contributed by atoms with Crippen LogP contribution in [0.5, 0.6) is 5.75 Å². The van der Waals surface area contributed by atoms with Gasteiger partial charge >= 0.3 is 0 Å². The van der Waals surface area contributed by atoms with Crippen molar-refractivity contribution in [2.45, 2.75) is 0 Å². The lowest BCUT2D eigenvalue weighted by molar-refractivity contribution is 0.0772. The van der Waals surface area contributed by atoms with Crippen molar-refractivity contribution < 1.29 is 18.7 Å². The zero-order valence-electron chi connectivity index (χ0n) is 14.7. The zero-order valence-corrected chi connectivity index (χ0v) is 14.7. The number of carbonyl (C=O) groups is 1. The number of hydrogen-bond donors (Lipinski definition) is 0. The second kappa shape index (κ2) is 8.62. The van der Waals surface area contributed by atoms with E-state index in [4.69, 9.17) is 9.47 Å². The lowest BCUT2D eigenvalue weighted by atomic mass is 10.2. The molecule has 0 bridgehead atoms. The Bertz CT molecular complexity index is 733. The van der Waals surface area contributed by atoms with Gasteiger partial charge in [0.05, 0.1) is 25.3 Å². The SMILES string of the molecule is CN(CCOc1ccc(F)cc1)C(=O)c1cccnc1N1CCOCC1. The van der Waals surface area contributed by atoms with E-state index < -0.39 is 0 Å². The second-order valence-corrected chi connectivity index (χ2v) is 6.00. The number of hydrogen-bond acceptors (Lipinski definition) is 5. The summed E-state index contributed by atoms with van der Waals surface area (Å²) in [6, 6.07) is 9.37. The molecule has 1 fully saturated rings. The van der Waals surface area contributed by atoms with E-state index in [1.165, 1.54) is 12.1 Å². The number of nitrogens with zero attached hydrogens (tertiary/aromatic N) is 3. The minimum Gasteiger partial charge on any atom is -0.492 e. The van der Waals surface area contributed by atoms with E-state index >= 15 is 0 Å². The van der Waals surface area contributed by atoms with Gasteiger partial charge in [-0.1, -0.05) is 0 Å². The van der Waals surface area contributed by atoms with Crippen LogP contribution < -0.4 is 9.64 Å². The first kappa shape index (κ1) is 18.1. The predicted octanol–water partition coefficient (Wildman–Crippen LogP) is 2.21. The van der Waals surface area contributed by atoms with Crippen molar-refractivity contribution in [1.82, 2.24) is 9.88 Å². The Morgan fingerprint density at radius 1 is 1.27 bits per heavy atom. The van der Waals surface area contributed by atoms with Crippen molar-refractivity contribution in [3.8, 4) is 5.75 Å². The number of halogens is 1. The van der Waals surface area contributed by atoms with Gasteiger partial charge in [0.15, 0.2) is 0 Å². The van der Waals surface area contributed by atoms with Gasteiger partial charge in [0.1, 0.15) is 24.0 Å². The van der Waals surface area contributed by atoms with Crippen LogP contribution in [0.3, 0.4) is 0 Å². The molecule has 1 aliphatic rings. The Balaban J connectivity index is 1.60. The maximum absolute atomic E-state index is 12.9. The van der Waals surface area contributed by atoms with E-state index in [9.17, 15) is 9.18 Å². The highest BCUT2D eigenvalue weighted by atomic mass is 19.1. The summed E-state index contributed by atoms with van der Waals surface area (Å²) in [4.78, 5) is 20.9. The van der Waals surface area contributed by atoms with Gasteiger partial charge in [-0.2, -0.15) is 0 Å². The molecule has 0 spiro atoms. The van der Waals surface area contributed by atoms with E-state index in [0.717, 1.165) is 0 Å². The molecule has 3 rings (SSSR count). The lowest BCUT2D eigenvalue weighted by Gasteiger charge is -2.29. The highest BCUT2D eigenvalue weighted by Gasteiger charge is 2.22. The number of morpholine rings is 1. The number of anilines is 1. The fourth-order valence-corrected chi connectivity index (χ4v) is 2.73. The molecule has 0 aliphatic carbocycles. The van der Waals surface area contributed by atoms with Gasteiger partial charge in [0.25, 0.3) is 5.91 Å². The predicted molar refractivity (Wildman–Crippen MR) is 96.1 cm³/mol. The molecule has 2 heterocycles. The first-order valence-corrected chi connectivity index (χ1v) is 8.56. The van der Waals surface area contributed by atoms with Gasteiger partial charge in [0.2, 0.25) is 0 Å². The summed E-state index contributed by atoms with van der Waals surface area (Å²) in [7, 11) is 1.73. The third-order valence-electron chi connectivity index (χ3n) is 4.18. The van der Waals surface area contributed by atoms with Gasteiger partial charge in [-0.3, -0.25) is 4.79 Å². The molecular weight excluding hydrogens is 337 g/mol. The van der Waals surface area contributed by atoms with Crippen LogP contribution >= 0.6 is 0 Å². The molecule has 26 heavy (non-hydrogen) atoms. The van der Waals surface area contributed by atoms with Crippen molar-refractivity contribution in [2.75, 3.05) is 51.4 Å². The van der Waals surface area contributed by atoms with Crippen molar-refractivity contribution >= 4 is 11.7 Å². The average molecular weight is 359 g/mol. The Hall–Kier alpha value is -2.67. The number of pyridine rings is 1. The van der Waals surface area contributed by atoms with Crippen LogP contribution in [0.1, 0.15) is 10.4 Å². The van der Waals surface area contributed by atoms with E-state index in [2.05, 4.69) is 9.88 Å². The number of benzene rings is 1. The molecule has 6 nitrogen and oxygen atoms in total. The van der Waals surface area contributed by atoms with E-state index in [1.54, 1.807) is 42.4 Å². The molecule has 1 aliphatic heterocycles. The van der Waals surface area contributed by atoms with E-state index in [-0.39, 0.29) is 11.7 Å². The summed E-state index contributed by atoms with van der Waals surface area (Å²) in [5.41, 5.74) is 0.568. The van der Waals surface area contributed by atoms with Crippen molar-refractivity contribution in [2.24, 2.45) is 0 Å². The molecule has 1 aromatic heterocycles. The van der Waals surface area contributed by atoms with Crippen LogP contribution in [0.15, 0.2) is 42.6 Å². The highest BCUT2D eigenvalue weighted by Crippen LogP contribution is 2.20. The fraction of sp³-hybridized carbons (Fsp3) is 0.368. The number of carbonyl (C=O) groups excluding carboxylic acids is 1. The lowest BCUT2D eigenvalue weighted by Crippen LogP contribution is -2.39. The molecule has 0 atom stereocenters. The minimum absolute atomic E-state index is 0.109. The Labute approximate surface area is 152 Å². The molecule has 1 amide bonds. The molecule has 0 saturated carbocycles. The number of ether oxygens (including phenoxy) is 2. The summed E-state index contributed by atoms with van der Waals surface area (Å²) in [5.74, 6) is 0.842. The van der Waals surface area contributed by atoms with Gasteiger partial charge in [-0.25, -0.2) is 9.37 Å². The molecule has 2 aromatic rings. The fourth-order valence-electron chi connectivity index (χ4n) is 2.73. The van der Waals surface area contributed by atoms with E-state index in [0.29, 0.717) is 56.6 Å². The molecular formula is C19H22FN3O3. The van der Waals surface area contributed by atoms with Crippen molar-refractivity contribution in [3.63, 3.8) is 0 Å². The summed E-state index contributed by atoms with van der Waals surface area (Å²) in [6.45, 7) is 3.43. The topological polar surface area (TPSA) is 54.9 Å². The minimum atomic E-state index is -0.308. The molecule has 1 aromatic carbocycles. The molecule has 0 unspecified atom stereocenters. The largest absolute Gasteiger partial charge is 0.492 e. The molecule has 1 saturated heterocycles. The normalized spacial score (nSPS) is 14.2. The van der Waals surface area contributed by atoms with Crippen molar-refractivity contribution in [1.29, 1.82) is 0 Å². The van der Waals surface area contributed by atoms with Crippen LogP contribution in [-0.2, 0) is 4.74 Å². The zero-order chi connectivity index (χ0) is 18.4. The summed E-state index contributed by atoms with van der Waals surface area (Å²) in [6.07, 6.45) is 1.69. The molecule has 0 radical (unpaired) electrons. The first-order chi connectivity index (χ1) is 12.6. The van der Waals surface area contributed by atoms with E-state index in [1.807, 2.05) is 0 Å². The van der Waals surface area contributed by atoms with Crippen LogP contribution in [0.2, 0.25) is 0 Å². The van der Waals surface area contributed by atoms with Gasteiger partial charge in [-0.05, 0) is 36.4 Å². The quantitative estimate of drug-likeness (QED) is 0.792. The number of amides is 1. The summed E-state index contributed by atoms with van der Waals surface area (Å²) < 4.78 is 23.8. The number of likely N-dealkylation sites (N-methyl/N-ethyl adjacent to an activating group) is 1. The highest BCUT2D eigenvalue weighted by molar-refractivity contribution is 5.98. The standard InChI is InChI=1S/C19H22FN3O3/c1-22(9-14-26-16-6-4-15(20)5-7-16)19(24)17-3-2-8-21-18(17)23-10-12-25-13-11-23/h2-8H,9-14H2,1H3. The van der Waals surface area contributed by atoms with Crippen LogP contribution in [-0.4, -0.2) is 62.3 Å². The summed E-state index contributed by atoms with van der Waals surface area (Å²) >= 11 is 0. The smallest absolute Gasteiger partial charge is 0.257 e. The Morgan fingerprint density at radius 2 is 2.00 bits per heavy atom. The molecule has 7 heteroatoms. The first-order valence-electron chi connectivity index (χ1n) is 8.56. The number of rotatable bonds is 6. The van der Waals surface area contributed by atoms with Gasteiger partial charge in [0, 0.05) is 26.3 Å². The second-order valence-electron chi connectivity index (χ2n) is 6.00. The molecule has 138 valence electrons. The average Bonchev–Trinajstić information content (AvgIpc) is 2.69. The monoisotopic (exact) mass is 359 g/mol. The molecule has 0 N–H and O–H groups in total. The number of aromatic nitrogens is 1. The summed E-state index contributed by atoms with van der Waals surface area (Å²) in [5, 5.41) is 0. The Morgan fingerprint density at radius 3 is 2.73 bits per heavy atom. The van der Waals surface area contributed by atoms with Gasteiger partial charge < -0.3 is 19.3 Å². The maximum Gasteiger partial charge on any atom is 0.257 e. The van der Waals surface area contributed by atoms with Crippen LogP contribution in [0.4, 0.5) is 10.2 Å². The Kier molecular flexibility index (Phi) is 6.01. The maximum atomic E-state index is 12.9. The third-order valence-corrected chi connectivity index (χ3v) is 4.18. The van der Waals surface area contributed by atoms with Crippen molar-refractivity contribution in [3.05, 3.63) is 54.0 Å². The third kappa shape index (κ3) is 4.49. The van der Waals surface area contributed by atoms with Crippen LogP contribution in [0.25, 0.3) is 0 Å².